The van der Waals surface area contributed by atoms with Crippen molar-refractivity contribution in [3.05, 3.63) is 99.0 Å². The zero-order chi connectivity index (χ0) is 28.9. The number of thiophene rings is 1. The number of ether oxygens (including phenoxy) is 2. The normalized spacial score (nSPS) is 17.7. The number of carbonyl (C=O) groups is 1. The number of allylic oxidation sites excluding steroid dienone is 1. The highest BCUT2D eigenvalue weighted by atomic mass is 32.1. The Morgan fingerprint density at radius 3 is 2.78 bits per heavy atom. The molecular weight excluding hydrogens is 545 g/mol. The Labute approximate surface area is 241 Å². The van der Waals surface area contributed by atoms with Crippen LogP contribution in [0.15, 0.2) is 69.8 Å². The van der Waals surface area contributed by atoms with Crippen molar-refractivity contribution in [3.63, 3.8) is 0 Å². The van der Waals surface area contributed by atoms with E-state index in [9.17, 15) is 9.90 Å². The summed E-state index contributed by atoms with van der Waals surface area (Å²) in [6.07, 6.45) is 0.556. The topological polar surface area (TPSA) is 97.1 Å². The average molecular weight is 576 g/mol. The number of nitrogens with zero attached hydrogens (tertiary/aromatic N) is 2. The Kier molecular flexibility index (Phi) is 6.73. The number of carbonyl (C=O) groups excluding carboxylic acids is 1. The third-order valence-electron chi connectivity index (χ3n) is 7.19. The van der Waals surface area contributed by atoms with Gasteiger partial charge in [-0.25, -0.2) is 9.37 Å². The van der Waals surface area contributed by atoms with Gasteiger partial charge in [0.1, 0.15) is 47.2 Å². The lowest BCUT2D eigenvalue weighted by Crippen LogP contribution is -2.39. The molecule has 0 bridgehead atoms. The first kappa shape index (κ1) is 26.9. The number of hydrogen-bond acceptors (Lipinski definition) is 8. The molecular formula is C31H30FN3O5S. The van der Waals surface area contributed by atoms with Gasteiger partial charge in [-0.05, 0) is 49.1 Å². The SMILES string of the molecule is Cc1nc(C(=O)N2c3cccc(O)c3NC3=C(OCC(C)(C)C3)C2c2ccc(OCc3cccs3)cc2F)c(C)o1. The van der Waals surface area contributed by atoms with E-state index < -0.39 is 17.8 Å². The summed E-state index contributed by atoms with van der Waals surface area (Å²) in [6.45, 7) is 8.13. The molecule has 4 heterocycles. The maximum Gasteiger partial charge on any atom is 0.281 e. The number of phenolic OH excluding ortho intramolecular Hbond substituents is 1. The number of hydrogen-bond donors (Lipinski definition) is 2. The molecule has 4 aromatic rings. The quantitative estimate of drug-likeness (QED) is 0.242. The van der Waals surface area contributed by atoms with Crippen molar-refractivity contribution in [3.8, 4) is 11.5 Å². The zero-order valence-electron chi connectivity index (χ0n) is 23.2. The second kappa shape index (κ2) is 10.3. The van der Waals surface area contributed by atoms with Gasteiger partial charge in [0.15, 0.2) is 11.6 Å². The Hall–Kier alpha value is -4.31. The van der Waals surface area contributed by atoms with Gasteiger partial charge < -0.3 is 24.3 Å². The number of phenols is 1. The van der Waals surface area contributed by atoms with Crippen LogP contribution in [0, 0.1) is 25.1 Å². The third-order valence-corrected chi connectivity index (χ3v) is 8.04. The maximum absolute atomic E-state index is 16.1. The number of rotatable bonds is 5. The number of benzene rings is 2. The minimum absolute atomic E-state index is 0.0537. The van der Waals surface area contributed by atoms with E-state index in [1.165, 1.54) is 17.0 Å². The lowest BCUT2D eigenvalue weighted by atomic mass is 9.85. The second-order valence-electron chi connectivity index (χ2n) is 11.0. The van der Waals surface area contributed by atoms with Gasteiger partial charge in [-0.15, -0.1) is 11.3 Å². The molecule has 1 unspecified atom stereocenters. The smallest absolute Gasteiger partial charge is 0.281 e. The van der Waals surface area contributed by atoms with E-state index in [0.29, 0.717) is 59.9 Å². The van der Waals surface area contributed by atoms with Gasteiger partial charge in [0.05, 0.1) is 18.0 Å². The summed E-state index contributed by atoms with van der Waals surface area (Å²) in [5.74, 6) is 0.305. The fourth-order valence-corrected chi connectivity index (χ4v) is 5.92. The first-order chi connectivity index (χ1) is 19.6. The van der Waals surface area contributed by atoms with Crippen LogP contribution in [0.3, 0.4) is 0 Å². The van der Waals surface area contributed by atoms with Crippen LogP contribution in [0.25, 0.3) is 0 Å². The molecule has 6 rings (SSSR count). The van der Waals surface area contributed by atoms with Gasteiger partial charge in [-0.3, -0.25) is 9.69 Å². The van der Waals surface area contributed by atoms with Crippen LogP contribution in [-0.4, -0.2) is 22.6 Å². The molecule has 2 aromatic heterocycles. The number of aromatic nitrogens is 1. The summed E-state index contributed by atoms with van der Waals surface area (Å²) in [5.41, 5.74) is 1.41. The molecule has 1 amide bonds. The lowest BCUT2D eigenvalue weighted by Gasteiger charge is -2.37. The summed E-state index contributed by atoms with van der Waals surface area (Å²) in [5, 5.41) is 16.2. The number of oxazole rings is 1. The molecule has 8 nitrogen and oxygen atoms in total. The molecule has 0 saturated carbocycles. The molecule has 2 aromatic carbocycles. The number of aromatic hydroxyl groups is 1. The molecule has 2 N–H and O–H groups in total. The Balaban J connectivity index is 1.52. The van der Waals surface area contributed by atoms with Crippen molar-refractivity contribution < 1.29 is 28.2 Å². The van der Waals surface area contributed by atoms with E-state index in [1.54, 1.807) is 49.4 Å². The van der Waals surface area contributed by atoms with E-state index in [-0.39, 0.29) is 22.4 Å². The Morgan fingerprint density at radius 2 is 2.07 bits per heavy atom. The fourth-order valence-electron chi connectivity index (χ4n) is 5.31. The molecule has 41 heavy (non-hydrogen) atoms. The third kappa shape index (κ3) is 5.04. The van der Waals surface area contributed by atoms with Gasteiger partial charge in [-0.1, -0.05) is 26.0 Å². The van der Waals surface area contributed by atoms with E-state index in [1.807, 2.05) is 17.5 Å². The van der Waals surface area contributed by atoms with Gasteiger partial charge in [0, 0.05) is 28.8 Å². The van der Waals surface area contributed by atoms with Crippen LogP contribution in [-0.2, 0) is 11.3 Å². The monoisotopic (exact) mass is 575 g/mol. The predicted octanol–water partition coefficient (Wildman–Crippen LogP) is 7.25. The molecule has 0 radical (unpaired) electrons. The predicted molar refractivity (Wildman–Crippen MR) is 154 cm³/mol. The van der Waals surface area contributed by atoms with Crippen molar-refractivity contribution in [1.29, 1.82) is 0 Å². The maximum atomic E-state index is 16.1. The number of halogens is 1. The number of para-hydroxylation sites is 1. The number of nitrogens with one attached hydrogen (secondary N) is 1. The molecule has 2 aliphatic rings. The minimum Gasteiger partial charge on any atom is -0.506 e. The molecule has 0 saturated heterocycles. The van der Waals surface area contributed by atoms with Crippen molar-refractivity contribution >= 4 is 28.6 Å². The number of fused-ring (bicyclic) bond motifs is 1. The number of amides is 1. The molecule has 0 fully saturated rings. The standard InChI is InChI=1S/C31H30FN3O5S/c1-17-26(33-18(2)40-17)30(37)35-24-8-5-9-25(36)27(24)34-23-14-31(3,4)16-39-29(23)28(35)21-11-10-19(13-22(21)32)38-15-20-7-6-12-41-20/h5-13,28,34,36H,14-16H2,1-4H3. The van der Waals surface area contributed by atoms with Crippen LogP contribution in [0.2, 0.25) is 0 Å². The summed E-state index contributed by atoms with van der Waals surface area (Å²) in [7, 11) is 0. The van der Waals surface area contributed by atoms with Crippen molar-refractivity contribution in [2.75, 3.05) is 16.8 Å². The van der Waals surface area contributed by atoms with Crippen LogP contribution < -0.4 is 15.0 Å². The van der Waals surface area contributed by atoms with Gasteiger partial charge in [0.25, 0.3) is 5.91 Å². The van der Waals surface area contributed by atoms with E-state index in [2.05, 4.69) is 24.1 Å². The number of anilines is 2. The van der Waals surface area contributed by atoms with Crippen molar-refractivity contribution in [2.45, 2.75) is 46.8 Å². The van der Waals surface area contributed by atoms with Crippen LogP contribution in [0.5, 0.6) is 11.5 Å². The number of aryl methyl sites for hydroxylation is 2. The first-order valence-electron chi connectivity index (χ1n) is 13.3. The van der Waals surface area contributed by atoms with E-state index in [0.717, 1.165) is 4.88 Å². The van der Waals surface area contributed by atoms with Crippen LogP contribution in [0.1, 0.15) is 58.9 Å². The average Bonchev–Trinajstić information content (AvgIpc) is 3.53. The largest absolute Gasteiger partial charge is 0.506 e. The van der Waals surface area contributed by atoms with Crippen molar-refractivity contribution in [2.24, 2.45) is 5.41 Å². The van der Waals surface area contributed by atoms with Gasteiger partial charge in [-0.2, -0.15) is 0 Å². The summed E-state index contributed by atoms with van der Waals surface area (Å²) >= 11 is 1.56. The first-order valence-corrected chi connectivity index (χ1v) is 14.2. The Morgan fingerprint density at radius 1 is 1.24 bits per heavy atom. The van der Waals surface area contributed by atoms with E-state index in [4.69, 9.17) is 13.9 Å². The molecule has 2 aliphatic heterocycles. The summed E-state index contributed by atoms with van der Waals surface area (Å²) in [4.78, 5) is 21.1. The zero-order valence-corrected chi connectivity index (χ0v) is 24.0. The second-order valence-corrected chi connectivity index (χ2v) is 12.1. The highest BCUT2D eigenvalue weighted by Gasteiger charge is 2.43. The highest BCUT2D eigenvalue weighted by Crippen LogP contribution is 2.50. The Bertz CT molecular complexity index is 1660. The van der Waals surface area contributed by atoms with Crippen LogP contribution in [0.4, 0.5) is 15.8 Å². The summed E-state index contributed by atoms with van der Waals surface area (Å²) in [6, 6.07) is 12.4. The van der Waals surface area contributed by atoms with E-state index >= 15 is 4.39 Å². The van der Waals surface area contributed by atoms with Crippen molar-refractivity contribution in [1.82, 2.24) is 4.98 Å². The summed E-state index contributed by atoms with van der Waals surface area (Å²) < 4.78 is 33.9. The molecule has 0 spiro atoms. The fraction of sp³-hybridized carbons (Fsp3) is 0.290. The highest BCUT2D eigenvalue weighted by molar-refractivity contribution is 7.09. The molecule has 1 atom stereocenters. The minimum atomic E-state index is -1.01. The van der Waals surface area contributed by atoms with Gasteiger partial charge >= 0.3 is 0 Å². The molecule has 10 heteroatoms. The van der Waals surface area contributed by atoms with Crippen LogP contribution >= 0.6 is 11.3 Å². The molecule has 212 valence electrons. The van der Waals surface area contributed by atoms with Gasteiger partial charge in [0.2, 0.25) is 0 Å². The molecule has 0 aliphatic carbocycles. The lowest BCUT2D eigenvalue weighted by molar-refractivity contribution is 0.0756.